The van der Waals surface area contributed by atoms with Crippen LogP contribution in [0.2, 0.25) is 0 Å². The number of piperazine rings is 1. The van der Waals surface area contributed by atoms with Gasteiger partial charge < -0.3 is 15.1 Å². The molecule has 4 aromatic rings. The Morgan fingerprint density at radius 1 is 0.848 bits per heavy atom. The van der Waals surface area contributed by atoms with Gasteiger partial charge in [0.15, 0.2) is 11.5 Å². The summed E-state index contributed by atoms with van der Waals surface area (Å²) in [6.07, 6.45) is 0.906. The van der Waals surface area contributed by atoms with Crippen molar-refractivity contribution in [2.75, 3.05) is 36.4 Å². The highest BCUT2D eigenvalue weighted by Gasteiger charge is 2.21. The van der Waals surface area contributed by atoms with Gasteiger partial charge in [-0.2, -0.15) is 4.52 Å². The summed E-state index contributed by atoms with van der Waals surface area (Å²) in [7, 11) is 0. The zero-order valence-corrected chi connectivity index (χ0v) is 18.5. The molecule has 1 saturated heterocycles. The van der Waals surface area contributed by atoms with Crippen molar-refractivity contribution >= 4 is 23.1 Å². The number of hydrogen-bond acceptors (Lipinski definition) is 6. The number of nitrogens with zero attached hydrogens (tertiary/aromatic N) is 6. The third-order valence-corrected chi connectivity index (χ3v) is 5.96. The average molecular weight is 442 g/mol. The molecule has 0 saturated carbocycles. The van der Waals surface area contributed by atoms with Crippen LogP contribution in [0.3, 0.4) is 0 Å². The molecule has 0 unspecified atom stereocenters. The molecule has 0 bridgehead atoms. The van der Waals surface area contributed by atoms with E-state index in [4.69, 9.17) is 0 Å². The lowest BCUT2D eigenvalue weighted by molar-refractivity contribution is -0.131. The molecule has 0 atom stereocenters. The van der Waals surface area contributed by atoms with E-state index in [-0.39, 0.29) is 5.91 Å². The average Bonchev–Trinajstić information content (AvgIpc) is 3.29. The molecule has 33 heavy (non-hydrogen) atoms. The van der Waals surface area contributed by atoms with Crippen LogP contribution in [0.25, 0.3) is 5.65 Å². The van der Waals surface area contributed by atoms with Gasteiger partial charge in [-0.1, -0.05) is 48.5 Å². The van der Waals surface area contributed by atoms with Gasteiger partial charge in [0.1, 0.15) is 5.82 Å². The lowest BCUT2D eigenvalue weighted by Crippen LogP contribution is -2.48. The summed E-state index contributed by atoms with van der Waals surface area (Å²) in [5.41, 5.74) is 3.07. The number of aromatic nitrogens is 4. The fourth-order valence-corrected chi connectivity index (χ4v) is 4.10. The Labute approximate surface area is 192 Å². The summed E-state index contributed by atoms with van der Waals surface area (Å²) >= 11 is 0. The second-order valence-corrected chi connectivity index (χ2v) is 8.15. The summed E-state index contributed by atoms with van der Waals surface area (Å²) in [6.45, 7) is 3.85. The van der Waals surface area contributed by atoms with Crippen LogP contribution in [0.5, 0.6) is 0 Å². The topological polar surface area (TPSA) is 78.7 Å². The van der Waals surface area contributed by atoms with Crippen molar-refractivity contribution in [3.05, 3.63) is 84.2 Å². The quantitative estimate of drug-likeness (QED) is 0.475. The first-order chi connectivity index (χ1) is 16.3. The number of nitrogens with one attached hydrogen (secondary N) is 1. The molecule has 1 amide bonds. The third kappa shape index (κ3) is 4.95. The number of carbonyl (C=O) groups is 1. The Kier molecular flexibility index (Phi) is 6.14. The van der Waals surface area contributed by atoms with Gasteiger partial charge in [-0.25, -0.2) is 0 Å². The van der Waals surface area contributed by atoms with Gasteiger partial charge in [0.05, 0.1) is 0 Å². The van der Waals surface area contributed by atoms with E-state index in [1.54, 1.807) is 4.52 Å². The molecule has 5 rings (SSSR count). The number of aryl methyl sites for hydroxylation is 1. The van der Waals surface area contributed by atoms with Gasteiger partial charge in [0.25, 0.3) is 0 Å². The van der Waals surface area contributed by atoms with Crippen molar-refractivity contribution in [3.8, 4) is 0 Å². The Morgan fingerprint density at radius 2 is 1.58 bits per heavy atom. The van der Waals surface area contributed by atoms with Gasteiger partial charge >= 0.3 is 0 Å². The van der Waals surface area contributed by atoms with Gasteiger partial charge in [0, 0.05) is 51.3 Å². The zero-order valence-electron chi connectivity index (χ0n) is 18.5. The van der Waals surface area contributed by atoms with E-state index in [9.17, 15) is 4.79 Å². The summed E-state index contributed by atoms with van der Waals surface area (Å²) in [6, 6.07) is 24.3. The number of anilines is 2. The maximum absolute atomic E-state index is 12.8. The molecular weight excluding hydrogens is 414 g/mol. The zero-order chi connectivity index (χ0) is 22.5. The molecule has 0 radical (unpaired) electrons. The van der Waals surface area contributed by atoms with Gasteiger partial charge in [-0.15, -0.1) is 15.3 Å². The van der Waals surface area contributed by atoms with E-state index in [0.29, 0.717) is 30.9 Å². The minimum absolute atomic E-state index is 0.151. The molecule has 1 fully saturated rings. The van der Waals surface area contributed by atoms with Crippen LogP contribution in [0, 0.1) is 0 Å². The van der Waals surface area contributed by atoms with Crippen LogP contribution < -0.4 is 10.2 Å². The largest absolute Gasteiger partial charge is 0.368 e. The van der Waals surface area contributed by atoms with E-state index in [0.717, 1.165) is 32.0 Å². The first-order valence-corrected chi connectivity index (χ1v) is 11.3. The Balaban J connectivity index is 1.17. The predicted octanol–water partition coefficient (Wildman–Crippen LogP) is 3.02. The number of para-hydroxylation sites is 1. The van der Waals surface area contributed by atoms with Gasteiger partial charge in [0.2, 0.25) is 5.91 Å². The minimum Gasteiger partial charge on any atom is -0.368 e. The van der Waals surface area contributed by atoms with Crippen LogP contribution in [0.15, 0.2) is 72.8 Å². The fraction of sp³-hybridized carbons (Fsp3) is 0.280. The number of amides is 1. The molecule has 1 N–H and O–H groups in total. The Morgan fingerprint density at radius 3 is 2.33 bits per heavy atom. The molecule has 0 aliphatic carbocycles. The monoisotopic (exact) mass is 441 g/mol. The van der Waals surface area contributed by atoms with Crippen LogP contribution in [0.4, 0.5) is 11.5 Å². The van der Waals surface area contributed by atoms with E-state index < -0.39 is 0 Å². The molecule has 2 aromatic heterocycles. The first kappa shape index (κ1) is 20.9. The lowest BCUT2D eigenvalue weighted by atomic mass is 10.2. The maximum atomic E-state index is 12.8. The minimum atomic E-state index is 0.151. The number of carbonyl (C=O) groups excluding carboxylic acids is 1. The van der Waals surface area contributed by atoms with Gasteiger partial charge in [-0.3, -0.25) is 4.79 Å². The number of rotatable bonds is 7. The summed E-state index contributed by atoms with van der Waals surface area (Å²) in [4.78, 5) is 17.1. The number of hydrogen-bond donors (Lipinski definition) is 1. The maximum Gasteiger partial charge on any atom is 0.223 e. The molecular formula is C25H27N7O. The van der Waals surface area contributed by atoms with Crippen molar-refractivity contribution < 1.29 is 4.79 Å². The highest BCUT2D eigenvalue weighted by Crippen LogP contribution is 2.16. The van der Waals surface area contributed by atoms with Crippen molar-refractivity contribution in [1.82, 2.24) is 24.7 Å². The van der Waals surface area contributed by atoms with Crippen LogP contribution in [-0.2, 0) is 17.8 Å². The SMILES string of the molecule is O=C(CCc1nnc2ccc(NCc3ccccc3)nn12)N1CCN(c2ccccc2)CC1. The fourth-order valence-electron chi connectivity index (χ4n) is 4.10. The molecule has 1 aliphatic rings. The van der Waals surface area contributed by atoms with Crippen LogP contribution >= 0.6 is 0 Å². The number of benzene rings is 2. The van der Waals surface area contributed by atoms with Crippen molar-refractivity contribution in [2.24, 2.45) is 0 Å². The molecule has 2 aromatic carbocycles. The Hall–Kier alpha value is -3.94. The Bertz CT molecular complexity index is 1200. The predicted molar refractivity (Wildman–Crippen MR) is 128 cm³/mol. The molecule has 1 aliphatic heterocycles. The van der Waals surface area contributed by atoms with Crippen LogP contribution in [0.1, 0.15) is 17.8 Å². The second kappa shape index (κ2) is 9.68. The normalized spacial score (nSPS) is 13.9. The van der Waals surface area contributed by atoms with E-state index in [1.165, 1.54) is 11.3 Å². The van der Waals surface area contributed by atoms with Crippen molar-refractivity contribution in [1.29, 1.82) is 0 Å². The molecule has 0 spiro atoms. The highest BCUT2D eigenvalue weighted by atomic mass is 16.2. The van der Waals surface area contributed by atoms with Crippen LogP contribution in [-0.4, -0.2) is 56.8 Å². The smallest absolute Gasteiger partial charge is 0.223 e. The first-order valence-electron chi connectivity index (χ1n) is 11.3. The molecule has 8 heteroatoms. The van der Waals surface area contributed by atoms with Crippen molar-refractivity contribution in [2.45, 2.75) is 19.4 Å². The lowest BCUT2D eigenvalue weighted by Gasteiger charge is -2.36. The molecule has 3 heterocycles. The summed E-state index contributed by atoms with van der Waals surface area (Å²) < 4.78 is 1.73. The standard InChI is InChI=1S/C25H27N7O/c33-25(31-17-15-30(16-18-31)21-9-5-2-6-10-21)14-13-24-28-27-23-12-11-22(29-32(23)24)26-19-20-7-3-1-4-8-20/h1-12H,13-19H2,(H,26,29). The molecule has 168 valence electrons. The second-order valence-electron chi connectivity index (χ2n) is 8.15. The summed E-state index contributed by atoms with van der Waals surface area (Å²) in [5.74, 6) is 1.60. The van der Waals surface area contributed by atoms with E-state index >= 15 is 0 Å². The molecule has 8 nitrogen and oxygen atoms in total. The summed E-state index contributed by atoms with van der Waals surface area (Å²) in [5, 5.41) is 16.4. The number of fused-ring (bicyclic) bond motifs is 1. The van der Waals surface area contributed by atoms with E-state index in [2.05, 4.69) is 49.8 Å². The highest BCUT2D eigenvalue weighted by molar-refractivity contribution is 5.76. The van der Waals surface area contributed by atoms with E-state index in [1.807, 2.05) is 53.4 Å². The van der Waals surface area contributed by atoms with Crippen molar-refractivity contribution in [3.63, 3.8) is 0 Å². The third-order valence-electron chi connectivity index (χ3n) is 5.96. The van der Waals surface area contributed by atoms with Gasteiger partial charge in [-0.05, 0) is 29.8 Å².